The minimum atomic E-state index is -0.00220. The molecule has 0 aliphatic heterocycles. The van der Waals surface area contributed by atoms with E-state index in [4.69, 9.17) is 5.73 Å². The van der Waals surface area contributed by atoms with E-state index in [1.54, 1.807) is 0 Å². The number of phenols is 1. The van der Waals surface area contributed by atoms with E-state index in [2.05, 4.69) is 28.9 Å². The fraction of sp³-hybridized carbons (Fsp3) is 0.571. The third-order valence-electron chi connectivity index (χ3n) is 4.05. The molecular weight excluding hydrogens is 278 g/mol. The van der Waals surface area contributed by atoms with Gasteiger partial charge in [0.25, 0.3) is 0 Å². The zero-order valence-electron chi connectivity index (χ0n) is 10.3. The lowest BCUT2D eigenvalue weighted by Crippen LogP contribution is -2.32. The fourth-order valence-corrected chi connectivity index (χ4v) is 3.41. The Balaban J connectivity index is 2.52. The molecule has 0 radical (unpaired) electrons. The van der Waals surface area contributed by atoms with Gasteiger partial charge in [0.2, 0.25) is 0 Å². The number of nitrogens with two attached hydrogens (primary N) is 1. The van der Waals surface area contributed by atoms with E-state index in [1.807, 2.05) is 6.07 Å². The van der Waals surface area contributed by atoms with E-state index >= 15 is 0 Å². The molecule has 1 fully saturated rings. The minimum absolute atomic E-state index is 0.00220. The average Bonchev–Trinajstić information content (AvgIpc) is 2.82. The van der Waals surface area contributed by atoms with Crippen LogP contribution in [0.15, 0.2) is 16.6 Å². The van der Waals surface area contributed by atoms with Gasteiger partial charge in [-0.2, -0.15) is 0 Å². The number of benzene rings is 1. The molecule has 0 spiro atoms. The highest BCUT2D eigenvalue weighted by atomic mass is 79.9. The summed E-state index contributed by atoms with van der Waals surface area (Å²) in [5.74, 6) is 0.384. The van der Waals surface area contributed by atoms with Crippen LogP contribution in [0.5, 0.6) is 5.75 Å². The highest BCUT2D eigenvalue weighted by Gasteiger charge is 2.36. The molecule has 0 aromatic heterocycles. The van der Waals surface area contributed by atoms with Crippen molar-refractivity contribution in [1.82, 2.24) is 0 Å². The summed E-state index contributed by atoms with van der Waals surface area (Å²) < 4.78 is 0.798. The number of hydrogen-bond donors (Lipinski definition) is 2. The molecule has 1 aliphatic rings. The Labute approximate surface area is 111 Å². The van der Waals surface area contributed by atoms with Gasteiger partial charge in [0.15, 0.2) is 0 Å². The van der Waals surface area contributed by atoms with E-state index in [0.717, 1.165) is 29.3 Å². The third kappa shape index (κ3) is 2.23. The van der Waals surface area contributed by atoms with E-state index < -0.39 is 0 Å². The molecule has 3 N–H and O–H groups in total. The van der Waals surface area contributed by atoms with Gasteiger partial charge in [0.05, 0.1) is 4.47 Å². The zero-order valence-corrected chi connectivity index (χ0v) is 11.9. The van der Waals surface area contributed by atoms with Gasteiger partial charge in [-0.3, -0.25) is 0 Å². The number of phenolic OH excluding ortho intramolecular Hbond substituents is 1. The molecule has 3 heteroatoms. The number of aryl methyl sites for hydroxylation is 1. The highest BCUT2D eigenvalue weighted by Crippen LogP contribution is 2.46. The Morgan fingerprint density at radius 2 is 2.00 bits per heavy atom. The van der Waals surface area contributed by atoms with Crippen molar-refractivity contribution in [3.8, 4) is 5.75 Å². The molecule has 0 unspecified atom stereocenters. The summed E-state index contributed by atoms with van der Waals surface area (Å²) in [7, 11) is 0. The van der Waals surface area contributed by atoms with Crippen LogP contribution in [-0.4, -0.2) is 11.7 Å². The molecule has 94 valence electrons. The molecule has 2 rings (SSSR count). The second-order valence-corrected chi connectivity index (χ2v) is 5.87. The van der Waals surface area contributed by atoms with Gasteiger partial charge in [-0.15, -0.1) is 0 Å². The van der Waals surface area contributed by atoms with Crippen LogP contribution in [0, 0.1) is 0 Å². The number of halogens is 1. The minimum Gasteiger partial charge on any atom is -0.506 e. The summed E-state index contributed by atoms with van der Waals surface area (Å²) in [6, 6.07) is 4.14. The topological polar surface area (TPSA) is 46.2 Å². The van der Waals surface area contributed by atoms with Crippen LogP contribution in [0.3, 0.4) is 0 Å². The second-order valence-electron chi connectivity index (χ2n) is 5.02. The SMILES string of the molecule is CCc1cc(Br)c(O)c(C2(CN)CCCC2)c1. The molecule has 0 heterocycles. The Morgan fingerprint density at radius 1 is 1.35 bits per heavy atom. The first-order valence-corrected chi connectivity index (χ1v) is 7.14. The lowest BCUT2D eigenvalue weighted by atomic mass is 9.78. The van der Waals surface area contributed by atoms with Crippen molar-refractivity contribution in [3.63, 3.8) is 0 Å². The van der Waals surface area contributed by atoms with Crippen LogP contribution in [0.4, 0.5) is 0 Å². The first-order valence-electron chi connectivity index (χ1n) is 6.35. The third-order valence-corrected chi connectivity index (χ3v) is 4.66. The van der Waals surface area contributed by atoms with Crippen LogP contribution < -0.4 is 5.73 Å². The van der Waals surface area contributed by atoms with Crippen molar-refractivity contribution >= 4 is 15.9 Å². The lowest BCUT2D eigenvalue weighted by Gasteiger charge is -2.29. The summed E-state index contributed by atoms with van der Waals surface area (Å²) in [5.41, 5.74) is 8.28. The van der Waals surface area contributed by atoms with Gasteiger partial charge >= 0.3 is 0 Å². The van der Waals surface area contributed by atoms with E-state index in [0.29, 0.717) is 12.3 Å². The molecule has 17 heavy (non-hydrogen) atoms. The van der Waals surface area contributed by atoms with Crippen molar-refractivity contribution < 1.29 is 5.11 Å². The molecule has 0 saturated heterocycles. The summed E-state index contributed by atoms with van der Waals surface area (Å²) >= 11 is 3.45. The molecule has 0 atom stereocenters. The van der Waals surface area contributed by atoms with Crippen molar-refractivity contribution in [2.45, 2.75) is 44.4 Å². The fourth-order valence-electron chi connectivity index (χ4n) is 2.90. The van der Waals surface area contributed by atoms with Crippen LogP contribution in [0.1, 0.15) is 43.7 Å². The molecule has 0 bridgehead atoms. The summed E-state index contributed by atoms with van der Waals surface area (Å²) in [6.45, 7) is 2.76. The number of rotatable bonds is 3. The largest absolute Gasteiger partial charge is 0.506 e. The maximum absolute atomic E-state index is 10.3. The van der Waals surface area contributed by atoms with Crippen molar-refractivity contribution in [1.29, 1.82) is 0 Å². The number of hydrogen-bond acceptors (Lipinski definition) is 2. The van der Waals surface area contributed by atoms with Crippen LogP contribution >= 0.6 is 15.9 Å². The Bertz CT molecular complexity index is 411. The average molecular weight is 298 g/mol. The zero-order chi connectivity index (χ0) is 12.5. The second kappa shape index (κ2) is 4.99. The van der Waals surface area contributed by atoms with Gasteiger partial charge in [0, 0.05) is 17.5 Å². The molecule has 1 aromatic carbocycles. The van der Waals surface area contributed by atoms with Gasteiger partial charge in [0.1, 0.15) is 5.75 Å². The molecule has 1 saturated carbocycles. The first-order chi connectivity index (χ1) is 8.13. The van der Waals surface area contributed by atoms with E-state index in [1.165, 1.54) is 18.4 Å². The highest BCUT2D eigenvalue weighted by molar-refractivity contribution is 9.10. The predicted octanol–water partition coefficient (Wildman–Crippen LogP) is 3.49. The van der Waals surface area contributed by atoms with Crippen LogP contribution in [0.25, 0.3) is 0 Å². The predicted molar refractivity (Wildman–Crippen MR) is 74.4 cm³/mol. The molecular formula is C14H20BrNO. The van der Waals surface area contributed by atoms with Crippen LogP contribution in [0.2, 0.25) is 0 Å². The van der Waals surface area contributed by atoms with Crippen molar-refractivity contribution in [3.05, 3.63) is 27.7 Å². The maximum atomic E-state index is 10.3. The maximum Gasteiger partial charge on any atom is 0.133 e. The molecule has 1 aromatic rings. The summed E-state index contributed by atoms with van der Waals surface area (Å²) in [5, 5.41) is 10.3. The summed E-state index contributed by atoms with van der Waals surface area (Å²) in [6.07, 6.45) is 5.59. The first kappa shape index (κ1) is 12.9. The molecule has 2 nitrogen and oxygen atoms in total. The lowest BCUT2D eigenvalue weighted by molar-refractivity contribution is 0.403. The van der Waals surface area contributed by atoms with Gasteiger partial charge in [-0.1, -0.05) is 25.8 Å². The quantitative estimate of drug-likeness (QED) is 0.897. The normalized spacial score (nSPS) is 18.5. The standard InChI is InChI=1S/C14H20BrNO/c1-2-10-7-11(13(17)12(15)8-10)14(9-16)5-3-4-6-14/h7-8,17H,2-6,9,16H2,1H3. The molecule has 1 aliphatic carbocycles. The van der Waals surface area contributed by atoms with Crippen LogP contribution in [-0.2, 0) is 11.8 Å². The Morgan fingerprint density at radius 3 is 2.53 bits per heavy atom. The molecule has 0 amide bonds. The van der Waals surface area contributed by atoms with E-state index in [9.17, 15) is 5.11 Å². The van der Waals surface area contributed by atoms with Gasteiger partial charge in [-0.25, -0.2) is 0 Å². The van der Waals surface area contributed by atoms with Crippen molar-refractivity contribution in [2.75, 3.05) is 6.54 Å². The van der Waals surface area contributed by atoms with Gasteiger partial charge in [-0.05, 0) is 46.8 Å². The van der Waals surface area contributed by atoms with E-state index in [-0.39, 0.29) is 5.41 Å². The monoisotopic (exact) mass is 297 g/mol. The van der Waals surface area contributed by atoms with Gasteiger partial charge < -0.3 is 10.8 Å². The smallest absolute Gasteiger partial charge is 0.133 e. The Hall–Kier alpha value is -0.540. The van der Waals surface area contributed by atoms with Crippen molar-refractivity contribution in [2.24, 2.45) is 5.73 Å². The number of aromatic hydroxyl groups is 1. The summed E-state index contributed by atoms with van der Waals surface area (Å²) in [4.78, 5) is 0. The Kier molecular flexibility index (Phi) is 3.79.